The summed E-state index contributed by atoms with van der Waals surface area (Å²) in [5.74, 6) is 3.54. The molecule has 1 saturated carbocycles. The van der Waals surface area contributed by atoms with Gasteiger partial charge < -0.3 is 19.7 Å². The van der Waals surface area contributed by atoms with Crippen LogP contribution in [-0.4, -0.2) is 11.9 Å². The molecule has 1 fully saturated rings. The second-order valence-electron chi connectivity index (χ2n) is 5.44. The van der Waals surface area contributed by atoms with Crippen LogP contribution >= 0.6 is 0 Å². The number of hydrogen-bond donors (Lipinski definition) is 1. The van der Waals surface area contributed by atoms with Crippen molar-refractivity contribution in [2.24, 2.45) is 5.92 Å². The molecule has 4 rings (SSSR count). The summed E-state index contributed by atoms with van der Waals surface area (Å²) < 4.78 is 16.2. The summed E-state index contributed by atoms with van der Waals surface area (Å²) in [5, 5.41) is 3.93. The minimum Gasteiger partial charge on any atom is -0.454 e. The molecule has 1 aromatic heterocycles. The van der Waals surface area contributed by atoms with E-state index in [1.165, 1.54) is 19.3 Å². The Bertz CT molecular complexity index is 647. The summed E-state index contributed by atoms with van der Waals surface area (Å²) in [7, 11) is 0. The third-order valence-electron chi connectivity index (χ3n) is 4.15. The van der Waals surface area contributed by atoms with Crippen LogP contribution in [0, 0.1) is 5.92 Å². The Morgan fingerprint density at radius 1 is 1.20 bits per heavy atom. The van der Waals surface area contributed by atoms with Crippen LogP contribution < -0.4 is 15.2 Å². The monoisotopic (exact) mass is 272 g/mol. The molecule has 5 nitrogen and oxygen atoms in total. The van der Waals surface area contributed by atoms with Gasteiger partial charge in [0, 0.05) is 6.42 Å². The molecule has 1 aliphatic heterocycles. The molecular weight excluding hydrogens is 256 g/mol. The average molecular weight is 272 g/mol. The first-order valence-corrected chi connectivity index (χ1v) is 6.95. The standard InChI is InChI=1S/C15H16N2O3/c16-15-14(13(20-17-15)6-9-2-1-3-9)10-4-5-11-12(7-10)19-8-18-11/h4-5,7,9H,1-3,6,8H2,(H2,16,17). The van der Waals surface area contributed by atoms with Crippen molar-refractivity contribution >= 4 is 5.82 Å². The number of ether oxygens (including phenoxy) is 2. The molecule has 0 saturated heterocycles. The second kappa shape index (κ2) is 4.44. The van der Waals surface area contributed by atoms with Gasteiger partial charge in [0.15, 0.2) is 17.3 Å². The Hall–Kier alpha value is -2.17. The summed E-state index contributed by atoms with van der Waals surface area (Å²) in [6, 6.07) is 5.81. The molecule has 5 heteroatoms. The van der Waals surface area contributed by atoms with Crippen LogP contribution in [0.4, 0.5) is 5.82 Å². The number of hydrogen-bond acceptors (Lipinski definition) is 5. The maximum absolute atomic E-state index is 5.98. The molecule has 20 heavy (non-hydrogen) atoms. The van der Waals surface area contributed by atoms with E-state index in [1.807, 2.05) is 18.2 Å². The van der Waals surface area contributed by atoms with Gasteiger partial charge in [-0.05, 0) is 23.6 Å². The lowest BCUT2D eigenvalue weighted by atomic mass is 9.81. The molecule has 0 bridgehead atoms. The molecule has 104 valence electrons. The Kier molecular flexibility index (Phi) is 2.58. The number of benzene rings is 1. The summed E-state index contributed by atoms with van der Waals surface area (Å²) in [6.45, 7) is 0.271. The smallest absolute Gasteiger partial charge is 0.231 e. The van der Waals surface area contributed by atoms with Crippen molar-refractivity contribution in [2.75, 3.05) is 12.5 Å². The minimum atomic E-state index is 0.271. The molecule has 0 unspecified atom stereocenters. The van der Waals surface area contributed by atoms with Crippen LogP contribution in [0.5, 0.6) is 11.5 Å². The van der Waals surface area contributed by atoms with Crippen LogP contribution in [-0.2, 0) is 6.42 Å². The van der Waals surface area contributed by atoms with E-state index in [9.17, 15) is 0 Å². The third-order valence-corrected chi connectivity index (χ3v) is 4.15. The van der Waals surface area contributed by atoms with Crippen molar-refractivity contribution in [2.45, 2.75) is 25.7 Å². The highest BCUT2D eigenvalue weighted by Gasteiger charge is 2.25. The zero-order valence-electron chi connectivity index (χ0n) is 11.1. The van der Waals surface area contributed by atoms with E-state index < -0.39 is 0 Å². The fourth-order valence-corrected chi connectivity index (χ4v) is 2.80. The van der Waals surface area contributed by atoms with Crippen molar-refractivity contribution in [3.05, 3.63) is 24.0 Å². The van der Waals surface area contributed by atoms with E-state index in [2.05, 4.69) is 5.16 Å². The number of nitrogens with two attached hydrogens (primary N) is 1. The van der Waals surface area contributed by atoms with Crippen molar-refractivity contribution in [3.8, 4) is 22.6 Å². The zero-order chi connectivity index (χ0) is 13.5. The summed E-state index contributed by atoms with van der Waals surface area (Å²) in [6.07, 6.45) is 4.75. The summed E-state index contributed by atoms with van der Waals surface area (Å²) in [4.78, 5) is 0. The molecule has 2 aliphatic rings. The average Bonchev–Trinajstić information content (AvgIpc) is 2.99. The molecule has 1 aliphatic carbocycles. The molecule has 2 heterocycles. The largest absolute Gasteiger partial charge is 0.454 e. The number of fused-ring (bicyclic) bond motifs is 1. The molecule has 1 aromatic carbocycles. The van der Waals surface area contributed by atoms with Crippen LogP contribution in [0.1, 0.15) is 25.0 Å². The van der Waals surface area contributed by atoms with Crippen LogP contribution in [0.25, 0.3) is 11.1 Å². The molecule has 2 N–H and O–H groups in total. The number of nitrogen functional groups attached to an aromatic ring is 1. The van der Waals surface area contributed by atoms with Gasteiger partial charge in [0.1, 0.15) is 5.76 Å². The highest BCUT2D eigenvalue weighted by atomic mass is 16.7. The topological polar surface area (TPSA) is 70.5 Å². The van der Waals surface area contributed by atoms with Crippen molar-refractivity contribution in [3.63, 3.8) is 0 Å². The van der Waals surface area contributed by atoms with E-state index in [-0.39, 0.29) is 6.79 Å². The fourth-order valence-electron chi connectivity index (χ4n) is 2.80. The number of rotatable bonds is 3. The van der Waals surface area contributed by atoms with E-state index >= 15 is 0 Å². The highest BCUT2D eigenvalue weighted by Crippen LogP contribution is 2.40. The highest BCUT2D eigenvalue weighted by molar-refractivity contribution is 5.77. The van der Waals surface area contributed by atoms with Crippen molar-refractivity contribution < 1.29 is 14.0 Å². The molecule has 0 amide bonds. The van der Waals surface area contributed by atoms with Gasteiger partial charge in [-0.2, -0.15) is 0 Å². The Balaban J connectivity index is 1.71. The molecule has 0 atom stereocenters. The number of nitrogens with zero attached hydrogens (tertiary/aromatic N) is 1. The molecule has 0 spiro atoms. The molecular formula is C15H16N2O3. The van der Waals surface area contributed by atoms with Crippen molar-refractivity contribution in [1.29, 1.82) is 0 Å². The first-order chi connectivity index (χ1) is 9.81. The van der Waals surface area contributed by atoms with E-state index in [0.29, 0.717) is 11.7 Å². The van der Waals surface area contributed by atoms with Gasteiger partial charge in [0.05, 0.1) is 5.56 Å². The minimum absolute atomic E-state index is 0.271. The lowest BCUT2D eigenvalue weighted by molar-refractivity contribution is 0.174. The van der Waals surface area contributed by atoms with E-state index in [0.717, 1.165) is 34.8 Å². The Morgan fingerprint density at radius 3 is 2.85 bits per heavy atom. The van der Waals surface area contributed by atoms with E-state index in [1.54, 1.807) is 0 Å². The number of anilines is 1. The zero-order valence-corrected chi connectivity index (χ0v) is 11.1. The fraction of sp³-hybridized carbons (Fsp3) is 0.400. The lowest BCUT2D eigenvalue weighted by Crippen LogP contribution is -2.13. The van der Waals surface area contributed by atoms with Gasteiger partial charge in [0.25, 0.3) is 0 Å². The van der Waals surface area contributed by atoms with Gasteiger partial charge in [-0.25, -0.2) is 0 Å². The number of aromatic nitrogens is 1. The Labute approximate surface area is 116 Å². The quantitative estimate of drug-likeness (QED) is 0.930. The van der Waals surface area contributed by atoms with Crippen LogP contribution in [0.3, 0.4) is 0 Å². The molecule has 0 radical (unpaired) electrons. The predicted molar refractivity (Wildman–Crippen MR) is 73.5 cm³/mol. The van der Waals surface area contributed by atoms with Gasteiger partial charge >= 0.3 is 0 Å². The lowest BCUT2D eigenvalue weighted by Gasteiger charge is -2.24. The van der Waals surface area contributed by atoms with Gasteiger partial charge in [-0.15, -0.1) is 0 Å². The maximum Gasteiger partial charge on any atom is 0.231 e. The summed E-state index contributed by atoms with van der Waals surface area (Å²) >= 11 is 0. The van der Waals surface area contributed by atoms with Gasteiger partial charge in [-0.1, -0.05) is 30.5 Å². The van der Waals surface area contributed by atoms with E-state index in [4.69, 9.17) is 19.7 Å². The predicted octanol–water partition coefficient (Wildman–Crippen LogP) is 3.00. The summed E-state index contributed by atoms with van der Waals surface area (Å²) in [5.41, 5.74) is 7.85. The molecule has 2 aromatic rings. The second-order valence-corrected chi connectivity index (χ2v) is 5.44. The normalized spacial score (nSPS) is 17.2. The van der Waals surface area contributed by atoms with Crippen LogP contribution in [0.2, 0.25) is 0 Å². The third kappa shape index (κ3) is 1.81. The van der Waals surface area contributed by atoms with Gasteiger partial charge in [0.2, 0.25) is 6.79 Å². The van der Waals surface area contributed by atoms with Crippen LogP contribution in [0.15, 0.2) is 22.7 Å². The maximum atomic E-state index is 5.98. The Morgan fingerprint density at radius 2 is 2.05 bits per heavy atom. The van der Waals surface area contributed by atoms with Gasteiger partial charge in [-0.3, -0.25) is 0 Å². The first-order valence-electron chi connectivity index (χ1n) is 6.95. The first kappa shape index (κ1) is 11.6. The van der Waals surface area contributed by atoms with Crippen molar-refractivity contribution in [1.82, 2.24) is 5.16 Å². The SMILES string of the molecule is Nc1noc(CC2CCC2)c1-c1ccc2c(c1)OCO2.